The Morgan fingerprint density at radius 2 is 2.18 bits per heavy atom. The van der Waals surface area contributed by atoms with Gasteiger partial charge in [0.15, 0.2) is 11.5 Å². The van der Waals surface area contributed by atoms with Crippen LogP contribution in [0.1, 0.15) is 12.5 Å². The molecule has 0 spiro atoms. The molecular formula is C11H14N6. The molecule has 0 saturated heterocycles. The van der Waals surface area contributed by atoms with Crippen molar-refractivity contribution in [3.8, 4) is 0 Å². The van der Waals surface area contributed by atoms with E-state index < -0.39 is 0 Å². The fraction of sp³-hybridized carbons (Fsp3) is 0.364. The van der Waals surface area contributed by atoms with Gasteiger partial charge in [0.05, 0.1) is 12.4 Å². The first kappa shape index (κ1) is 10.2. The second kappa shape index (κ2) is 3.81. The molecule has 0 fully saturated rings. The molecule has 0 aromatic carbocycles. The molecule has 4 N–H and O–H groups in total. The quantitative estimate of drug-likeness (QED) is 0.732. The zero-order chi connectivity index (χ0) is 11.8. The highest BCUT2D eigenvalue weighted by molar-refractivity contribution is 5.81. The van der Waals surface area contributed by atoms with Crippen LogP contribution in [0, 0.1) is 5.92 Å². The molecule has 2 unspecified atom stereocenters. The number of nitrogen functional groups attached to an aromatic ring is 1. The van der Waals surface area contributed by atoms with Gasteiger partial charge in [-0.05, 0) is 18.9 Å². The Balaban J connectivity index is 2.02. The summed E-state index contributed by atoms with van der Waals surface area (Å²) in [6.45, 7) is 0.677. The zero-order valence-electron chi connectivity index (χ0n) is 9.32. The summed E-state index contributed by atoms with van der Waals surface area (Å²) in [7, 11) is 0. The number of nitrogens with zero attached hydrogens (tertiary/aromatic N) is 4. The third kappa shape index (κ3) is 1.57. The van der Waals surface area contributed by atoms with Gasteiger partial charge >= 0.3 is 0 Å². The van der Waals surface area contributed by atoms with Gasteiger partial charge < -0.3 is 16.0 Å². The van der Waals surface area contributed by atoms with Gasteiger partial charge in [0.1, 0.15) is 11.8 Å². The minimum Gasteiger partial charge on any atom is -0.382 e. The Hall–Kier alpha value is -1.95. The summed E-state index contributed by atoms with van der Waals surface area (Å²) < 4.78 is 2.03. The van der Waals surface area contributed by atoms with Gasteiger partial charge in [0, 0.05) is 0 Å². The van der Waals surface area contributed by atoms with Crippen LogP contribution < -0.4 is 11.5 Å². The van der Waals surface area contributed by atoms with E-state index in [1.54, 1.807) is 6.33 Å². The van der Waals surface area contributed by atoms with Crippen LogP contribution in [-0.2, 0) is 0 Å². The molecular weight excluding hydrogens is 216 g/mol. The Bertz CT molecular complexity index is 572. The predicted octanol–water partition coefficient (Wildman–Crippen LogP) is 0.484. The van der Waals surface area contributed by atoms with Crippen LogP contribution in [0.3, 0.4) is 0 Å². The molecule has 0 saturated carbocycles. The molecule has 2 heterocycles. The lowest BCUT2D eigenvalue weighted by molar-refractivity contribution is 0.517. The third-order valence-corrected chi connectivity index (χ3v) is 3.20. The lowest BCUT2D eigenvalue weighted by Gasteiger charge is -2.12. The number of hydrogen-bond donors (Lipinski definition) is 2. The van der Waals surface area contributed by atoms with E-state index in [1.165, 1.54) is 6.33 Å². The van der Waals surface area contributed by atoms with E-state index in [0.29, 0.717) is 23.8 Å². The minimum absolute atomic E-state index is 0.267. The van der Waals surface area contributed by atoms with Crippen molar-refractivity contribution < 1.29 is 0 Å². The number of fused-ring (bicyclic) bond motifs is 1. The standard InChI is InChI=1S/C11H14N6/c12-4-7-1-2-8(3-7)17-6-16-9-10(13)14-5-15-11(9)17/h1-2,5-8H,3-4,12H2,(H2,13,14,15). The summed E-state index contributed by atoms with van der Waals surface area (Å²) in [5.41, 5.74) is 12.9. The van der Waals surface area contributed by atoms with Crippen LogP contribution in [0.15, 0.2) is 24.8 Å². The molecule has 0 amide bonds. The average Bonchev–Trinajstić information content (AvgIpc) is 2.94. The van der Waals surface area contributed by atoms with E-state index in [4.69, 9.17) is 11.5 Å². The Morgan fingerprint density at radius 3 is 2.94 bits per heavy atom. The zero-order valence-corrected chi connectivity index (χ0v) is 9.32. The van der Waals surface area contributed by atoms with Crippen molar-refractivity contribution in [3.63, 3.8) is 0 Å². The van der Waals surface area contributed by atoms with Gasteiger partial charge in [-0.15, -0.1) is 0 Å². The van der Waals surface area contributed by atoms with Gasteiger partial charge in [-0.25, -0.2) is 15.0 Å². The lowest BCUT2D eigenvalue weighted by atomic mass is 10.1. The van der Waals surface area contributed by atoms with E-state index in [9.17, 15) is 0 Å². The highest BCUT2D eigenvalue weighted by Crippen LogP contribution is 2.29. The van der Waals surface area contributed by atoms with Crippen LogP contribution in [-0.4, -0.2) is 26.1 Å². The number of allylic oxidation sites excluding steroid dienone is 1. The van der Waals surface area contributed by atoms with E-state index >= 15 is 0 Å². The van der Waals surface area contributed by atoms with Gasteiger partial charge in [-0.1, -0.05) is 12.2 Å². The molecule has 1 aliphatic rings. The largest absolute Gasteiger partial charge is 0.382 e. The topological polar surface area (TPSA) is 95.6 Å². The highest BCUT2D eigenvalue weighted by atomic mass is 15.1. The van der Waals surface area contributed by atoms with Gasteiger partial charge in [0.2, 0.25) is 0 Å². The molecule has 3 rings (SSSR count). The first-order valence-corrected chi connectivity index (χ1v) is 5.61. The summed E-state index contributed by atoms with van der Waals surface area (Å²) in [5.74, 6) is 0.864. The molecule has 0 radical (unpaired) electrons. The van der Waals surface area contributed by atoms with Gasteiger partial charge in [0.25, 0.3) is 0 Å². The van der Waals surface area contributed by atoms with E-state index in [2.05, 4.69) is 27.1 Å². The normalized spacial score (nSPS) is 23.6. The number of anilines is 1. The fourth-order valence-corrected chi connectivity index (χ4v) is 2.25. The van der Waals surface area contributed by atoms with Crippen molar-refractivity contribution in [2.75, 3.05) is 12.3 Å². The Kier molecular flexibility index (Phi) is 2.29. The molecule has 2 aromatic rings. The maximum absolute atomic E-state index is 5.76. The molecule has 6 heteroatoms. The number of aromatic nitrogens is 4. The number of imidazole rings is 1. The minimum atomic E-state index is 0.267. The molecule has 88 valence electrons. The molecule has 0 bridgehead atoms. The maximum Gasteiger partial charge on any atom is 0.165 e. The van der Waals surface area contributed by atoms with Gasteiger partial charge in [-0.2, -0.15) is 0 Å². The van der Waals surface area contributed by atoms with Crippen molar-refractivity contribution in [2.45, 2.75) is 12.5 Å². The number of rotatable bonds is 2. The second-order valence-electron chi connectivity index (χ2n) is 4.27. The van der Waals surface area contributed by atoms with E-state index in [0.717, 1.165) is 12.1 Å². The summed E-state index contributed by atoms with van der Waals surface area (Å²) in [4.78, 5) is 12.4. The van der Waals surface area contributed by atoms with E-state index in [-0.39, 0.29) is 6.04 Å². The predicted molar refractivity (Wildman–Crippen MR) is 65.1 cm³/mol. The fourth-order valence-electron chi connectivity index (χ4n) is 2.25. The first-order valence-electron chi connectivity index (χ1n) is 5.61. The van der Waals surface area contributed by atoms with Crippen LogP contribution in [0.5, 0.6) is 0 Å². The van der Waals surface area contributed by atoms with Crippen molar-refractivity contribution in [2.24, 2.45) is 11.7 Å². The van der Waals surface area contributed by atoms with Crippen molar-refractivity contribution in [1.82, 2.24) is 19.5 Å². The number of hydrogen-bond acceptors (Lipinski definition) is 5. The SMILES string of the molecule is NCC1C=CC(n2cnc3c(N)ncnc32)C1. The maximum atomic E-state index is 5.76. The third-order valence-electron chi connectivity index (χ3n) is 3.20. The Labute approximate surface area is 98.4 Å². The first-order chi connectivity index (χ1) is 8.29. The molecule has 2 aromatic heterocycles. The second-order valence-corrected chi connectivity index (χ2v) is 4.27. The average molecular weight is 230 g/mol. The molecule has 2 atom stereocenters. The lowest BCUT2D eigenvalue weighted by Crippen LogP contribution is -2.12. The van der Waals surface area contributed by atoms with Crippen LogP contribution in [0.25, 0.3) is 11.2 Å². The molecule has 17 heavy (non-hydrogen) atoms. The summed E-state index contributed by atoms with van der Waals surface area (Å²) >= 11 is 0. The monoisotopic (exact) mass is 230 g/mol. The van der Waals surface area contributed by atoms with E-state index in [1.807, 2.05) is 4.57 Å². The Morgan fingerprint density at radius 1 is 1.29 bits per heavy atom. The van der Waals surface area contributed by atoms with Crippen LogP contribution in [0.2, 0.25) is 0 Å². The van der Waals surface area contributed by atoms with Crippen molar-refractivity contribution >= 4 is 17.0 Å². The smallest absolute Gasteiger partial charge is 0.165 e. The summed E-state index contributed by atoms with van der Waals surface area (Å²) in [5, 5.41) is 0. The molecule has 0 aliphatic heterocycles. The van der Waals surface area contributed by atoms with Crippen LogP contribution in [0.4, 0.5) is 5.82 Å². The van der Waals surface area contributed by atoms with Crippen LogP contribution >= 0.6 is 0 Å². The van der Waals surface area contributed by atoms with Crippen molar-refractivity contribution in [3.05, 3.63) is 24.8 Å². The highest BCUT2D eigenvalue weighted by Gasteiger charge is 2.21. The summed E-state index contributed by atoms with van der Waals surface area (Å²) in [6.07, 6.45) is 8.53. The molecule has 1 aliphatic carbocycles. The summed E-state index contributed by atoms with van der Waals surface area (Å²) in [6, 6.07) is 0.267. The van der Waals surface area contributed by atoms with Crippen molar-refractivity contribution in [1.29, 1.82) is 0 Å². The number of nitrogens with two attached hydrogens (primary N) is 2. The van der Waals surface area contributed by atoms with Gasteiger partial charge in [-0.3, -0.25) is 0 Å². The molecule has 6 nitrogen and oxygen atoms in total.